The third-order valence-electron chi connectivity index (χ3n) is 2.40. The summed E-state index contributed by atoms with van der Waals surface area (Å²) < 4.78 is 5.98. The van der Waals surface area contributed by atoms with Gasteiger partial charge < -0.3 is 15.4 Å². The summed E-state index contributed by atoms with van der Waals surface area (Å²) in [7, 11) is 3.84. The highest BCUT2D eigenvalue weighted by Crippen LogP contribution is 2.20. The minimum absolute atomic E-state index is 0.794. The zero-order valence-electron chi connectivity index (χ0n) is 9.87. The standard InChI is InChI=1S/C12H19BrN2O/c1-15(6-3-7-16-2)9-10-4-5-11(13)12(14)8-10/h4-5,8H,3,6-7,9,14H2,1-2H3. The summed E-state index contributed by atoms with van der Waals surface area (Å²) in [6.45, 7) is 2.76. The molecule has 0 saturated heterocycles. The highest BCUT2D eigenvalue weighted by molar-refractivity contribution is 9.10. The van der Waals surface area contributed by atoms with Crippen LogP contribution < -0.4 is 5.73 Å². The molecule has 0 atom stereocenters. The molecule has 0 unspecified atom stereocenters. The maximum atomic E-state index is 5.83. The summed E-state index contributed by atoms with van der Waals surface area (Å²) in [6, 6.07) is 6.10. The van der Waals surface area contributed by atoms with Gasteiger partial charge in [0, 0.05) is 37.0 Å². The summed E-state index contributed by atoms with van der Waals surface area (Å²) >= 11 is 3.39. The lowest BCUT2D eigenvalue weighted by atomic mass is 10.2. The number of benzene rings is 1. The zero-order valence-corrected chi connectivity index (χ0v) is 11.5. The Morgan fingerprint density at radius 2 is 2.19 bits per heavy atom. The van der Waals surface area contributed by atoms with Crippen molar-refractivity contribution in [2.24, 2.45) is 0 Å². The molecule has 0 fully saturated rings. The third-order valence-corrected chi connectivity index (χ3v) is 3.12. The number of nitrogen functional groups attached to an aromatic ring is 1. The molecule has 0 aliphatic rings. The molecule has 0 aliphatic heterocycles. The summed E-state index contributed by atoms with van der Waals surface area (Å²) in [5.74, 6) is 0. The first-order valence-corrected chi connectivity index (χ1v) is 6.14. The van der Waals surface area contributed by atoms with Crippen LogP contribution in [0.2, 0.25) is 0 Å². The zero-order chi connectivity index (χ0) is 12.0. The molecule has 0 spiro atoms. The number of rotatable bonds is 6. The van der Waals surface area contributed by atoms with E-state index in [2.05, 4.69) is 33.9 Å². The Labute approximate surface area is 106 Å². The Balaban J connectivity index is 2.43. The van der Waals surface area contributed by atoms with E-state index in [1.165, 1.54) is 5.56 Å². The number of nitrogens with zero attached hydrogens (tertiary/aromatic N) is 1. The first kappa shape index (κ1) is 13.5. The summed E-state index contributed by atoms with van der Waals surface area (Å²) in [4.78, 5) is 2.27. The van der Waals surface area contributed by atoms with Crippen LogP contribution in [0.4, 0.5) is 5.69 Å². The topological polar surface area (TPSA) is 38.5 Å². The average Bonchev–Trinajstić information content (AvgIpc) is 2.24. The molecule has 0 radical (unpaired) electrons. The van der Waals surface area contributed by atoms with Crippen molar-refractivity contribution >= 4 is 21.6 Å². The van der Waals surface area contributed by atoms with Crippen molar-refractivity contribution in [2.75, 3.05) is 33.0 Å². The maximum absolute atomic E-state index is 5.83. The minimum atomic E-state index is 0.794. The summed E-state index contributed by atoms with van der Waals surface area (Å²) in [6.07, 6.45) is 1.05. The summed E-state index contributed by atoms with van der Waals surface area (Å²) in [5.41, 5.74) is 7.86. The van der Waals surface area contributed by atoms with Crippen LogP contribution in [-0.2, 0) is 11.3 Å². The van der Waals surface area contributed by atoms with Gasteiger partial charge in [-0.1, -0.05) is 6.07 Å². The highest BCUT2D eigenvalue weighted by Gasteiger charge is 2.02. The van der Waals surface area contributed by atoms with Crippen molar-refractivity contribution in [3.05, 3.63) is 28.2 Å². The monoisotopic (exact) mass is 286 g/mol. The number of nitrogens with two attached hydrogens (primary N) is 1. The molecule has 1 rings (SSSR count). The smallest absolute Gasteiger partial charge is 0.0474 e. The van der Waals surface area contributed by atoms with E-state index in [-0.39, 0.29) is 0 Å². The molecule has 0 aliphatic carbocycles. The van der Waals surface area contributed by atoms with Crippen LogP contribution in [0.15, 0.2) is 22.7 Å². The van der Waals surface area contributed by atoms with E-state index >= 15 is 0 Å². The Hall–Kier alpha value is -0.580. The van der Waals surface area contributed by atoms with Gasteiger partial charge in [-0.15, -0.1) is 0 Å². The Kier molecular flexibility index (Phi) is 5.80. The molecule has 0 bridgehead atoms. The van der Waals surface area contributed by atoms with Crippen molar-refractivity contribution in [1.82, 2.24) is 4.90 Å². The van der Waals surface area contributed by atoms with Gasteiger partial charge in [-0.2, -0.15) is 0 Å². The van der Waals surface area contributed by atoms with E-state index in [1.54, 1.807) is 7.11 Å². The van der Waals surface area contributed by atoms with Gasteiger partial charge in [0.15, 0.2) is 0 Å². The third kappa shape index (κ3) is 4.51. The number of anilines is 1. The van der Waals surface area contributed by atoms with Crippen molar-refractivity contribution in [1.29, 1.82) is 0 Å². The van der Waals surface area contributed by atoms with Crippen molar-refractivity contribution in [3.63, 3.8) is 0 Å². The second kappa shape index (κ2) is 6.89. The van der Waals surface area contributed by atoms with Crippen LogP contribution in [-0.4, -0.2) is 32.2 Å². The number of hydrogen-bond donors (Lipinski definition) is 1. The lowest BCUT2D eigenvalue weighted by molar-refractivity contribution is 0.178. The predicted molar refractivity (Wildman–Crippen MR) is 71.4 cm³/mol. The molecule has 4 heteroatoms. The highest BCUT2D eigenvalue weighted by atomic mass is 79.9. The second-order valence-electron chi connectivity index (χ2n) is 3.94. The Bertz CT molecular complexity index is 331. The normalized spacial score (nSPS) is 11.0. The number of hydrogen-bond acceptors (Lipinski definition) is 3. The van der Waals surface area contributed by atoms with Crippen LogP contribution >= 0.6 is 15.9 Å². The van der Waals surface area contributed by atoms with Gasteiger partial charge in [0.2, 0.25) is 0 Å². The van der Waals surface area contributed by atoms with Crippen LogP contribution in [0, 0.1) is 0 Å². The van der Waals surface area contributed by atoms with E-state index in [0.29, 0.717) is 0 Å². The first-order valence-electron chi connectivity index (χ1n) is 5.35. The molecule has 0 heterocycles. The van der Waals surface area contributed by atoms with Gasteiger partial charge in [0.1, 0.15) is 0 Å². The number of methoxy groups -OCH3 is 1. The van der Waals surface area contributed by atoms with Gasteiger partial charge >= 0.3 is 0 Å². The van der Waals surface area contributed by atoms with Gasteiger partial charge in [0.05, 0.1) is 0 Å². The molecule has 1 aromatic carbocycles. The molecule has 0 amide bonds. The van der Waals surface area contributed by atoms with Gasteiger partial charge in [0.25, 0.3) is 0 Å². The van der Waals surface area contributed by atoms with Crippen LogP contribution in [0.5, 0.6) is 0 Å². The summed E-state index contributed by atoms with van der Waals surface area (Å²) in [5, 5.41) is 0. The molecule has 0 aromatic heterocycles. The molecule has 1 aromatic rings. The molecule has 16 heavy (non-hydrogen) atoms. The van der Waals surface area contributed by atoms with Gasteiger partial charge in [-0.3, -0.25) is 0 Å². The molecular formula is C12H19BrN2O. The Morgan fingerprint density at radius 1 is 1.44 bits per heavy atom. The minimum Gasteiger partial charge on any atom is -0.398 e. The molecule has 2 N–H and O–H groups in total. The number of ether oxygens (including phenoxy) is 1. The molecule has 0 saturated carbocycles. The van der Waals surface area contributed by atoms with Gasteiger partial charge in [-0.05, 0) is 47.1 Å². The van der Waals surface area contributed by atoms with E-state index in [4.69, 9.17) is 10.5 Å². The predicted octanol–water partition coefficient (Wildman–Crippen LogP) is 2.50. The SMILES string of the molecule is COCCCN(C)Cc1ccc(Br)c(N)c1. The fraction of sp³-hybridized carbons (Fsp3) is 0.500. The van der Waals surface area contributed by atoms with Gasteiger partial charge in [-0.25, -0.2) is 0 Å². The molecular weight excluding hydrogens is 268 g/mol. The maximum Gasteiger partial charge on any atom is 0.0474 e. The van der Waals surface area contributed by atoms with E-state index < -0.39 is 0 Å². The fourth-order valence-corrected chi connectivity index (χ4v) is 1.81. The van der Waals surface area contributed by atoms with Crippen molar-refractivity contribution in [3.8, 4) is 0 Å². The largest absolute Gasteiger partial charge is 0.398 e. The molecule has 90 valence electrons. The molecule has 3 nitrogen and oxygen atoms in total. The van der Waals surface area contributed by atoms with Crippen LogP contribution in [0.1, 0.15) is 12.0 Å². The second-order valence-corrected chi connectivity index (χ2v) is 4.79. The number of halogens is 1. The van der Waals surface area contributed by atoms with Crippen LogP contribution in [0.3, 0.4) is 0 Å². The van der Waals surface area contributed by atoms with Crippen molar-refractivity contribution in [2.45, 2.75) is 13.0 Å². The lowest BCUT2D eigenvalue weighted by Crippen LogP contribution is -2.20. The fourth-order valence-electron chi connectivity index (χ4n) is 1.56. The lowest BCUT2D eigenvalue weighted by Gasteiger charge is -2.16. The van der Waals surface area contributed by atoms with Crippen molar-refractivity contribution < 1.29 is 4.74 Å². The average molecular weight is 287 g/mol. The quantitative estimate of drug-likeness (QED) is 0.645. The Morgan fingerprint density at radius 3 is 2.81 bits per heavy atom. The van der Waals surface area contributed by atoms with E-state index in [9.17, 15) is 0 Å². The van der Waals surface area contributed by atoms with E-state index in [1.807, 2.05) is 12.1 Å². The first-order chi connectivity index (χ1) is 7.63. The van der Waals surface area contributed by atoms with Crippen LogP contribution in [0.25, 0.3) is 0 Å². The van der Waals surface area contributed by atoms with E-state index in [0.717, 1.165) is 36.3 Å².